The Hall–Kier alpha value is -4.05. The zero-order chi connectivity index (χ0) is 23.8. The third kappa shape index (κ3) is 3.92. The maximum Gasteiger partial charge on any atom is 0.182 e. The molecule has 2 aromatic carbocycles. The predicted molar refractivity (Wildman–Crippen MR) is 123 cm³/mol. The number of fused-ring (bicyclic) bond motifs is 1. The molecule has 34 heavy (non-hydrogen) atoms. The number of rotatable bonds is 4. The number of phenolic OH excluding ortho intramolecular Hbond substituents is 3. The van der Waals surface area contributed by atoms with E-state index in [1.807, 2.05) is 11.8 Å². The average molecular weight is 463 g/mol. The molecule has 5 rings (SSSR count). The number of halogens is 1. The van der Waals surface area contributed by atoms with Gasteiger partial charge in [0.25, 0.3) is 0 Å². The van der Waals surface area contributed by atoms with E-state index in [4.69, 9.17) is 4.74 Å². The van der Waals surface area contributed by atoms with Crippen LogP contribution in [0.3, 0.4) is 0 Å². The molecular weight excluding hydrogens is 441 g/mol. The van der Waals surface area contributed by atoms with Gasteiger partial charge in [0.15, 0.2) is 11.5 Å². The van der Waals surface area contributed by atoms with Crippen molar-refractivity contribution in [3.8, 4) is 28.5 Å². The molecule has 0 radical (unpaired) electrons. The third-order valence-corrected chi connectivity index (χ3v) is 5.85. The van der Waals surface area contributed by atoms with E-state index in [9.17, 15) is 15.3 Å². The number of phenols is 3. The van der Waals surface area contributed by atoms with Crippen LogP contribution in [0.2, 0.25) is 0 Å². The Kier molecular flexibility index (Phi) is 5.58. The molecule has 4 aromatic rings. The standard InChI is InChI=1S/C24H22FN5O4/c1-13-2-3-15(29-28-13)8-14-9-16(17(25)10-20(14)31)22-21-18(26-12-27-22)11-19(23(32)24(21)33)30-4-6-34-7-5-30/h2-3,9-12,31-33H,4-8H2,1H3. The molecule has 1 aliphatic rings. The van der Waals surface area contributed by atoms with E-state index in [-0.39, 0.29) is 34.6 Å². The second-order valence-corrected chi connectivity index (χ2v) is 8.11. The number of ether oxygens (including phenoxy) is 1. The quantitative estimate of drug-likeness (QED) is 0.392. The summed E-state index contributed by atoms with van der Waals surface area (Å²) in [6, 6.07) is 7.68. The van der Waals surface area contributed by atoms with Crippen LogP contribution in [-0.4, -0.2) is 61.8 Å². The van der Waals surface area contributed by atoms with Gasteiger partial charge >= 0.3 is 0 Å². The molecule has 0 bridgehead atoms. The largest absolute Gasteiger partial charge is 0.508 e. The van der Waals surface area contributed by atoms with E-state index in [2.05, 4.69) is 20.2 Å². The summed E-state index contributed by atoms with van der Waals surface area (Å²) in [6.07, 6.45) is 1.49. The van der Waals surface area contributed by atoms with Gasteiger partial charge in [0.1, 0.15) is 17.9 Å². The van der Waals surface area contributed by atoms with Crippen LogP contribution >= 0.6 is 0 Å². The molecule has 0 spiro atoms. The smallest absolute Gasteiger partial charge is 0.182 e. The summed E-state index contributed by atoms with van der Waals surface area (Å²) >= 11 is 0. The van der Waals surface area contributed by atoms with E-state index in [0.717, 1.165) is 11.8 Å². The minimum absolute atomic E-state index is 0.0501. The first kappa shape index (κ1) is 21.8. The van der Waals surface area contributed by atoms with Crippen LogP contribution in [0.25, 0.3) is 22.2 Å². The van der Waals surface area contributed by atoms with Crippen LogP contribution in [-0.2, 0) is 11.2 Å². The molecule has 0 saturated carbocycles. The lowest BCUT2D eigenvalue weighted by molar-refractivity contribution is 0.122. The first-order chi connectivity index (χ1) is 16.4. The predicted octanol–water partition coefficient (Wildman–Crippen LogP) is 3.08. The summed E-state index contributed by atoms with van der Waals surface area (Å²) in [5.74, 6) is -1.73. The molecule has 174 valence electrons. The monoisotopic (exact) mass is 463 g/mol. The minimum atomic E-state index is -0.729. The number of anilines is 1. The van der Waals surface area contributed by atoms with Crippen LogP contribution < -0.4 is 4.90 Å². The van der Waals surface area contributed by atoms with Crippen molar-refractivity contribution in [2.24, 2.45) is 0 Å². The summed E-state index contributed by atoms with van der Waals surface area (Å²) < 4.78 is 20.4. The number of morpholine rings is 1. The number of hydrogen-bond acceptors (Lipinski definition) is 9. The van der Waals surface area contributed by atoms with Gasteiger partial charge in [-0.1, -0.05) is 0 Å². The summed E-state index contributed by atoms with van der Waals surface area (Å²) in [7, 11) is 0. The lowest BCUT2D eigenvalue weighted by atomic mass is 9.99. The van der Waals surface area contributed by atoms with E-state index in [0.29, 0.717) is 48.8 Å². The number of hydrogen-bond donors (Lipinski definition) is 3. The lowest BCUT2D eigenvalue weighted by Crippen LogP contribution is -2.36. The van der Waals surface area contributed by atoms with Crippen molar-refractivity contribution in [2.75, 3.05) is 31.2 Å². The van der Waals surface area contributed by atoms with Crippen molar-refractivity contribution >= 4 is 16.6 Å². The van der Waals surface area contributed by atoms with Crippen molar-refractivity contribution in [3.63, 3.8) is 0 Å². The fourth-order valence-corrected chi connectivity index (χ4v) is 4.08. The fraction of sp³-hybridized carbons (Fsp3) is 0.250. The lowest BCUT2D eigenvalue weighted by Gasteiger charge is -2.29. The highest BCUT2D eigenvalue weighted by atomic mass is 19.1. The zero-order valence-corrected chi connectivity index (χ0v) is 18.4. The van der Waals surface area contributed by atoms with Gasteiger partial charge in [0.2, 0.25) is 0 Å². The van der Waals surface area contributed by atoms with Crippen molar-refractivity contribution in [1.82, 2.24) is 20.2 Å². The van der Waals surface area contributed by atoms with Gasteiger partial charge in [-0.05, 0) is 31.2 Å². The normalized spacial score (nSPS) is 14.0. The average Bonchev–Trinajstić information content (AvgIpc) is 2.84. The summed E-state index contributed by atoms with van der Waals surface area (Å²) in [6.45, 7) is 3.92. The number of aryl methyl sites for hydroxylation is 1. The molecule has 0 unspecified atom stereocenters. The minimum Gasteiger partial charge on any atom is -0.508 e. The molecule has 3 N–H and O–H groups in total. The van der Waals surface area contributed by atoms with E-state index in [1.165, 1.54) is 12.4 Å². The number of benzene rings is 2. The second kappa shape index (κ2) is 8.71. The Morgan fingerprint density at radius 1 is 1.00 bits per heavy atom. The molecule has 1 fully saturated rings. The Labute approximate surface area is 194 Å². The molecule has 2 aromatic heterocycles. The molecule has 1 aliphatic heterocycles. The van der Waals surface area contributed by atoms with Crippen molar-refractivity contribution in [1.29, 1.82) is 0 Å². The molecule has 0 atom stereocenters. The zero-order valence-electron chi connectivity index (χ0n) is 18.4. The molecular formula is C24H22FN5O4. The van der Waals surface area contributed by atoms with E-state index >= 15 is 4.39 Å². The number of aromatic hydroxyl groups is 3. The van der Waals surface area contributed by atoms with Gasteiger partial charge in [-0.2, -0.15) is 10.2 Å². The first-order valence-electron chi connectivity index (χ1n) is 10.8. The number of aromatic nitrogens is 4. The Morgan fingerprint density at radius 2 is 1.79 bits per heavy atom. The van der Waals surface area contributed by atoms with Crippen LogP contribution in [0.1, 0.15) is 17.0 Å². The topological polar surface area (TPSA) is 125 Å². The molecule has 0 amide bonds. The second-order valence-electron chi connectivity index (χ2n) is 8.11. The Balaban J connectivity index is 1.62. The summed E-state index contributed by atoms with van der Waals surface area (Å²) in [5.41, 5.74) is 2.68. The maximum atomic E-state index is 15.0. The van der Waals surface area contributed by atoms with Crippen molar-refractivity contribution in [3.05, 3.63) is 59.4 Å². The van der Waals surface area contributed by atoms with Gasteiger partial charge in [-0.15, -0.1) is 0 Å². The highest BCUT2D eigenvalue weighted by Gasteiger charge is 2.24. The van der Waals surface area contributed by atoms with Gasteiger partial charge in [0, 0.05) is 36.7 Å². The highest BCUT2D eigenvalue weighted by Crippen LogP contribution is 2.45. The molecule has 3 heterocycles. The van der Waals surface area contributed by atoms with Crippen LogP contribution in [0.4, 0.5) is 10.1 Å². The molecule has 10 heteroatoms. The van der Waals surface area contributed by atoms with E-state index < -0.39 is 11.6 Å². The summed E-state index contributed by atoms with van der Waals surface area (Å²) in [4.78, 5) is 10.3. The van der Waals surface area contributed by atoms with Gasteiger partial charge in [-0.25, -0.2) is 14.4 Å². The molecule has 1 saturated heterocycles. The van der Waals surface area contributed by atoms with Crippen LogP contribution in [0.5, 0.6) is 17.2 Å². The Bertz CT molecular complexity index is 1370. The first-order valence-corrected chi connectivity index (χ1v) is 10.8. The number of nitrogens with zero attached hydrogens (tertiary/aromatic N) is 5. The highest BCUT2D eigenvalue weighted by molar-refractivity contribution is 6.01. The van der Waals surface area contributed by atoms with Crippen molar-refractivity contribution in [2.45, 2.75) is 13.3 Å². The Morgan fingerprint density at radius 3 is 2.53 bits per heavy atom. The van der Waals surface area contributed by atoms with Crippen LogP contribution in [0, 0.1) is 12.7 Å². The SMILES string of the molecule is Cc1ccc(Cc2cc(-c3ncnc4cc(N5CCOCC5)c(O)c(O)c34)c(F)cc2O)nn1. The molecule has 9 nitrogen and oxygen atoms in total. The fourth-order valence-electron chi connectivity index (χ4n) is 4.08. The summed E-state index contributed by atoms with van der Waals surface area (Å²) in [5, 5.41) is 40.3. The van der Waals surface area contributed by atoms with Crippen molar-refractivity contribution < 1.29 is 24.4 Å². The van der Waals surface area contributed by atoms with Gasteiger partial charge in [-0.3, -0.25) is 0 Å². The van der Waals surface area contributed by atoms with E-state index in [1.54, 1.807) is 18.2 Å². The van der Waals surface area contributed by atoms with Gasteiger partial charge < -0.3 is 25.0 Å². The van der Waals surface area contributed by atoms with Gasteiger partial charge in [0.05, 0.1) is 46.9 Å². The maximum absolute atomic E-state index is 15.0. The van der Waals surface area contributed by atoms with Crippen LogP contribution in [0.15, 0.2) is 36.7 Å². The molecule has 0 aliphatic carbocycles. The third-order valence-electron chi connectivity index (χ3n) is 5.85.